The molecule has 0 aliphatic carbocycles. The van der Waals surface area contributed by atoms with Gasteiger partial charge in [-0.2, -0.15) is 5.26 Å². The minimum Gasteiger partial charge on any atom is -0.392 e. The second-order valence-corrected chi connectivity index (χ2v) is 3.39. The van der Waals surface area contributed by atoms with E-state index in [1.54, 1.807) is 19.1 Å². The highest BCUT2D eigenvalue weighted by Gasteiger charge is 2.03. The summed E-state index contributed by atoms with van der Waals surface area (Å²) in [6, 6.07) is 9.36. The van der Waals surface area contributed by atoms with E-state index in [-0.39, 0.29) is 6.10 Å². The molecule has 0 bridgehead atoms. The summed E-state index contributed by atoms with van der Waals surface area (Å²) >= 11 is 0. The second-order valence-electron chi connectivity index (χ2n) is 3.39. The molecule has 3 heteroatoms. The molecule has 1 rings (SSSR count). The van der Waals surface area contributed by atoms with Crippen LogP contribution < -0.4 is 4.90 Å². The molecule has 0 saturated heterocycles. The Kier molecular flexibility index (Phi) is 3.49. The first-order chi connectivity index (χ1) is 6.63. The summed E-state index contributed by atoms with van der Waals surface area (Å²) in [5, 5.41) is 17.8. The van der Waals surface area contributed by atoms with Gasteiger partial charge in [0.05, 0.1) is 17.7 Å². The number of aliphatic hydroxyl groups excluding tert-OH is 1. The van der Waals surface area contributed by atoms with Gasteiger partial charge in [0.15, 0.2) is 0 Å². The van der Waals surface area contributed by atoms with Gasteiger partial charge < -0.3 is 10.0 Å². The molecule has 0 aromatic heterocycles. The van der Waals surface area contributed by atoms with Gasteiger partial charge in [0.1, 0.15) is 0 Å². The van der Waals surface area contributed by atoms with E-state index in [1.807, 2.05) is 24.1 Å². The van der Waals surface area contributed by atoms with E-state index in [2.05, 4.69) is 6.07 Å². The van der Waals surface area contributed by atoms with Crippen LogP contribution in [0.1, 0.15) is 12.5 Å². The molecule has 0 spiro atoms. The van der Waals surface area contributed by atoms with E-state index in [0.29, 0.717) is 12.1 Å². The van der Waals surface area contributed by atoms with Crippen LogP contribution in [0.3, 0.4) is 0 Å². The third-order valence-corrected chi connectivity index (χ3v) is 1.98. The van der Waals surface area contributed by atoms with E-state index < -0.39 is 0 Å². The van der Waals surface area contributed by atoms with Gasteiger partial charge in [-0.3, -0.25) is 0 Å². The topological polar surface area (TPSA) is 47.3 Å². The Labute approximate surface area is 84.2 Å². The van der Waals surface area contributed by atoms with Gasteiger partial charge in [0.2, 0.25) is 0 Å². The lowest BCUT2D eigenvalue weighted by Gasteiger charge is -2.20. The largest absolute Gasteiger partial charge is 0.392 e. The number of anilines is 1. The molecule has 74 valence electrons. The molecule has 1 atom stereocenters. The van der Waals surface area contributed by atoms with Crippen molar-refractivity contribution in [2.45, 2.75) is 13.0 Å². The fraction of sp³-hybridized carbons (Fsp3) is 0.364. The normalized spacial score (nSPS) is 11.9. The summed E-state index contributed by atoms with van der Waals surface area (Å²) in [4.78, 5) is 1.95. The van der Waals surface area contributed by atoms with Crippen LogP contribution in [0.2, 0.25) is 0 Å². The van der Waals surface area contributed by atoms with Crippen LogP contribution in [-0.2, 0) is 0 Å². The quantitative estimate of drug-likeness (QED) is 0.783. The van der Waals surface area contributed by atoms with E-state index in [9.17, 15) is 5.11 Å². The van der Waals surface area contributed by atoms with Crippen molar-refractivity contribution in [1.82, 2.24) is 0 Å². The standard InChI is InChI=1S/C11H14N2O/c1-9(14)8-13(2)11-5-3-10(7-12)4-6-11/h3-6,9,14H,8H2,1-2H3/t9-/m0/s1. The molecule has 1 aromatic rings. The van der Waals surface area contributed by atoms with Crippen LogP contribution in [0.15, 0.2) is 24.3 Å². The molecule has 14 heavy (non-hydrogen) atoms. The highest BCUT2D eigenvalue weighted by molar-refractivity contribution is 5.49. The summed E-state index contributed by atoms with van der Waals surface area (Å²) in [6.07, 6.45) is -0.351. The lowest BCUT2D eigenvalue weighted by Crippen LogP contribution is -2.26. The molecule has 0 unspecified atom stereocenters. The van der Waals surface area contributed by atoms with E-state index in [1.165, 1.54) is 0 Å². The number of hydrogen-bond acceptors (Lipinski definition) is 3. The van der Waals surface area contributed by atoms with Crippen LogP contribution in [0.5, 0.6) is 0 Å². The van der Waals surface area contributed by atoms with Crippen LogP contribution in [0, 0.1) is 11.3 Å². The van der Waals surface area contributed by atoms with Gasteiger partial charge >= 0.3 is 0 Å². The van der Waals surface area contributed by atoms with Crippen molar-refractivity contribution >= 4 is 5.69 Å². The van der Waals surface area contributed by atoms with Crippen LogP contribution in [0.4, 0.5) is 5.69 Å². The fourth-order valence-corrected chi connectivity index (χ4v) is 1.29. The molecule has 1 N–H and O–H groups in total. The summed E-state index contributed by atoms with van der Waals surface area (Å²) in [6.45, 7) is 2.34. The maximum Gasteiger partial charge on any atom is 0.0991 e. The van der Waals surface area contributed by atoms with Crippen molar-refractivity contribution < 1.29 is 5.11 Å². The number of nitriles is 1. The van der Waals surface area contributed by atoms with Gasteiger partial charge in [-0.05, 0) is 31.2 Å². The lowest BCUT2D eigenvalue weighted by molar-refractivity contribution is 0.201. The third kappa shape index (κ3) is 2.75. The van der Waals surface area contributed by atoms with Gasteiger partial charge in [-0.1, -0.05) is 0 Å². The van der Waals surface area contributed by atoms with Crippen LogP contribution in [0.25, 0.3) is 0 Å². The Morgan fingerprint density at radius 1 is 1.43 bits per heavy atom. The van der Waals surface area contributed by atoms with Crippen molar-refractivity contribution in [3.8, 4) is 6.07 Å². The number of benzene rings is 1. The lowest BCUT2D eigenvalue weighted by atomic mass is 10.2. The summed E-state index contributed by atoms with van der Waals surface area (Å²) in [5.41, 5.74) is 1.66. The molecule has 0 aliphatic heterocycles. The van der Waals surface area contributed by atoms with E-state index in [4.69, 9.17) is 5.26 Å². The zero-order valence-corrected chi connectivity index (χ0v) is 8.44. The second kappa shape index (κ2) is 4.64. The number of aliphatic hydroxyl groups is 1. The van der Waals surface area contributed by atoms with Crippen molar-refractivity contribution in [2.24, 2.45) is 0 Å². The van der Waals surface area contributed by atoms with Crippen molar-refractivity contribution in [2.75, 3.05) is 18.5 Å². The van der Waals surface area contributed by atoms with Crippen molar-refractivity contribution in [1.29, 1.82) is 5.26 Å². The first kappa shape index (κ1) is 10.6. The predicted octanol–water partition coefficient (Wildman–Crippen LogP) is 1.38. The van der Waals surface area contributed by atoms with Gasteiger partial charge in [0, 0.05) is 19.3 Å². The van der Waals surface area contributed by atoms with Crippen LogP contribution >= 0.6 is 0 Å². The number of likely N-dealkylation sites (N-methyl/N-ethyl adjacent to an activating group) is 1. The van der Waals surface area contributed by atoms with E-state index in [0.717, 1.165) is 5.69 Å². The predicted molar refractivity (Wildman–Crippen MR) is 56.1 cm³/mol. The Morgan fingerprint density at radius 2 is 2.00 bits per heavy atom. The molecular formula is C11H14N2O. The molecule has 0 amide bonds. The van der Waals surface area contributed by atoms with Gasteiger partial charge in [-0.25, -0.2) is 0 Å². The van der Waals surface area contributed by atoms with Gasteiger partial charge in [0.25, 0.3) is 0 Å². The molecule has 0 saturated carbocycles. The summed E-state index contributed by atoms with van der Waals surface area (Å²) in [7, 11) is 1.91. The van der Waals surface area contributed by atoms with Gasteiger partial charge in [-0.15, -0.1) is 0 Å². The monoisotopic (exact) mass is 190 g/mol. The summed E-state index contributed by atoms with van der Waals surface area (Å²) in [5.74, 6) is 0. The average molecular weight is 190 g/mol. The fourth-order valence-electron chi connectivity index (χ4n) is 1.29. The van der Waals surface area contributed by atoms with Crippen molar-refractivity contribution in [3.05, 3.63) is 29.8 Å². The first-order valence-corrected chi connectivity index (χ1v) is 4.53. The maximum atomic E-state index is 9.19. The minimum absolute atomic E-state index is 0.351. The number of nitrogens with zero attached hydrogens (tertiary/aromatic N) is 2. The zero-order valence-electron chi connectivity index (χ0n) is 8.44. The van der Waals surface area contributed by atoms with Crippen LogP contribution in [-0.4, -0.2) is 24.8 Å². The molecule has 3 nitrogen and oxygen atoms in total. The highest BCUT2D eigenvalue weighted by atomic mass is 16.3. The first-order valence-electron chi connectivity index (χ1n) is 4.53. The summed E-state index contributed by atoms with van der Waals surface area (Å²) < 4.78 is 0. The number of hydrogen-bond donors (Lipinski definition) is 1. The zero-order chi connectivity index (χ0) is 10.6. The molecule has 0 aliphatic rings. The Balaban J connectivity index is 2.72. The average Bonchev–Trinajstić information content (AvgIpc) is 2.17. The molecule has 0 fully saturated rings. The number of rotatable bonds is 3. The molecule has 0 radical (unpaired) electrons. The maximum absolute atomic E-state index is 9.19. The van der Waals surface area contributed by atoms with E-state index >= 15 is 0 Å². The highest BCUT2D eigenvalue weighted by Crippen LogP contribution is 2.13. The van der Waals surface area contributed by atoms with Crippen molar-refractivity contribution in [3.63, 3.8) is 0 Å². The minimum atomic E-state index is -0.351. The molecular weight excluding hydrogens is 176 g/mol. The SMILES string of the molecule is C[C@H](O)CN(C)c1ccc(C#N)cc1. The Bertz CT molecular complexity index is 324. The Morgan fingerprint density at radius 3 is 2.43 bits per heavy atom. The molecule has 0 heterocycles. The smallest absolute Gasteiger partial charge is 0.0991 e. The Hall–Kier alpha value is -1.53. The third-order valence-electron chi connectivity index (χ3n) is 1.98. The molecule has 1 aromatic carbocycles.